The minimum atomic E-state index is -4.00. The summed E-state index contributed by atoms with van der Waals surface area (Å²) in [6, 6.07) is 20.8. The van der Waals surface area contributed by atoms with Gasteiger partial charge in [-0.3, -0.25) is 5.32 Å². The molecule has 1 atom stereocenters. The first-order valence-corrected chi connectivity index (χ1v) is 16.0. The molecular weight excluding hydrogens is 566 g/mol. The van der Waals surface area contributed by atoms with E-state index < -0.39 is 32.9 Å². The summed E-state index contributed by atoms with van der Waals surface area (Å²) in [6.45, 7) is 13.0. The number of benzene rings is 2. The monoisotopic (exact) mass is 609 g/mol. The fourth-order valence-corrected chi connectivity index (χ4v) is 6.04. The molecular formula is C33H43N3O6S. The third-order valence-electron chi connectivity index (χ3n) is 6.78. The predicted molar refractivity (Wildman–Crippen MR) is 167 cm³/mol. The highest BCUT2D eigenvalue weighted by molar-refractivity contribution is 7.91. The average molecular weight is 610 g/mol. The molecule has 10 heteroatoms. The molecule has 43 heavy (non-hydrogen) atoms. The van der Waals surface area contributed by atoms with Crippen LogP contribution in [-0.2, 0) is 36.2 Å². The van der Waals surface area contributed by atoms with Crippen LogP contribution >= 0.6 is 0 Å². The van der Waals surface area contributed by atoms with Crippen LogP contribution < -0.4 is 10.4 Å². The van der Waals surface area contributed by atoms with E-state index >= 15 is 0 Å². The Balaban J connectivity index is 1.98. The number of carbonyl (C=O) groups excluding carboxylic acids is 2. The third-order valence-corrected chi connectivity index (χ3v) is 8.73. The molecule has 3 rings (SSSR count). The number of hydrogen-bond acceptors (Lipinski definition) is 8. The number of sulfone groups is 1. The van der Waals surface area contributed by atoms with Gasteiger partial charge in [0.05, 0.1) is 10.6 Å². The molecule has 0 radical (unpaired) electrons. The van der Waals surface area contributed by atoms with Crippen molar-refractivity contribution in [3.8, 4) is 0 Å². The van der Waals surface area contributed by atoms with Crippen molar-refractivity contribution in [2.24, 2.45) is 0 Å². The van der Waals surface area contributed by atoms with E-state index in [0.29, 0.717) is 5.06 Å². The maximum Gasteiger partial charge on any atom is 0.450 e. The molecule has 1 unspecified atom stereocenters. The van der Waals surface area contributed by atoms with Crippen molar-refractivity contribution in [2.75, 3.05) is 5.06 Å². The molecule has 1 amide bonds. The number of ether oxygens (including phenoxy) is 1. The second-order valence-corrected chi connectivity index (χ2v) is 14.1. The molecule has 0 aliphatic heterocycles. The molecule has 0 fully saturated rings. The molecule has 1 N–H and O–H groups in total. The molecule has 0 saturated heterocycles. The molecule has 1 aromatic heterocycles. The Morgan fingerprint density at radius 2 is 1.58 bits per heavy atom. The highest BCUT2D eigenvalue weighted by Crippen LogP contribution is 2.31. The summed E-state index contributed by atoms with van der Waals surface area (Å²) in [5.41, 5.74) is 1.39. The highest BCUT2D eigenvalue weighted by atomic mass is 32.2. The molecule has 0 saturated carbocycles. The number of nitrogens with one attached hydrogen (secondary N) is 1. The van der Waals surface area contributed by atoms with E-state index in [1.165, 1.54) is 23.8 Å². The Morgan fingerprint density at radius 3 is 2.16 bits per heavy atom. The van der Waals surface area contributed by atoms with E-state index in [4.69, 9.17) is 9.57 Å². The van der Waals surface area contributed by atoms with Crippen molar-refractivity contribution in [1.29, 1.82) is 0 Å². The van der Waals surface area contributed by atoms with Crippen molar-refractivity contribution < 1.29 is 27.6 Å². The topological polar surface area (TPSA) is 115 Å². The van der Waals surface area contributed by atoms with Gasteiger partial charge in [0, 0.05) is 13.5 Å². The minimum absolute atomic E-state index is 0.0352. The zero-order valence-corrected chi connectivity index (χ0v) is 26.9. The number of aromatic nitrogens is 1. The minimum Gasteiger partial charge on any atom is -0.441 e. The maximum atomic E-state index is 13.9. The lowest BCUT2D eigenvalue weighted by atomic mass is 9.80. The normalized spacial score (nSPS) is 12.8. The lowest BCUT2D eigenvalue weighted by Crippen LogP contribution is -2.39. The fraction of sp³-hybridized carbons (Fsp3) is 0.424. The van der Waals surface area contributed by atoms with Gasteiger partial charge >= 0.3 is 12.1 Å². The van der Waals surface area contributed by atoms with E-state index in [0.717, 1.165) is 31.7 Å². The summed E-state index contributed by atoms with van der Waals surface area (Å²) in [6.07, 6.45) is 2.39. The summed E-state index contributed by atoms with van der Waals surface area (Å²) >= 11 is 0. The Bertz CT molecular complexity index is 1480. The summed E-state index contributed by atoms with van der Waals surface area (Å²) in [5.74, 6) is -0.873. The van der Waals surface area contributed by atoms with E-state index in [1.54, 1.807) is 51.1 Å². The first-order chi connectivity index (χ1) is 20.1. The summed E-state index contributed by atoms with van der Waals surface area (Å²) < 4.78 is 33.2. The predicted octanol–water partition coefficient (Wildman–Crippen LogP) is 7.03. The van der Waals surface area contributed by atoms with Crippen LogP contribution in [0.1, 0.15) is 89.9 Å². The van der Waals surface area contributed by atoms with Gasteiger partial charge in [0.25, 0.3) is 0 Å². The van der Waals surface area contributed by atoms with E-state index in [9.17, 15) is 18.0 Å². The van der Waals surface area contributed by atoms with Crippen LogP contribution in [0.2, 0.25) is 0 Å². The molecule has 0 spiro atoms. The van der Waals surface area contributed by atoms with Crippen molar-refractivity contribution in [3.05, 3.63) is 89.6 Å². The van der Waals surface area contributed by atoms with Gasteiger partial charge < -0.3 is 9.57 Å². The molecule has 1 heterocycles. The SMILES string of the molecule is CCCCC(C)(C)c1ccc(CNC(c2cccc(N(OC(C)=O)C(=O)OC(C)(C)C)n2)S(=O)(=O)c2ccccc2)cc1. The van der Waals surface area contributed by atoms with Crippen molar-refractivity contribution in [3.63, 3.8) is 0 Å². The van der Waals surface area contributed by atoms with Crippen LogP contribution in [-0.4, -0.2) is 31.1 Å². The standard InChI is InChI=1S/C33H43N3O6S/c1-8-9-22-33(6,7)26-20-18-25(19-21-26)23-34-30(43(39,40)27-14-11-10-12-15-27)28-16-13-17-29(35-28)36(42-24(2)37)31(38)41-32(3,4)5/h10-21,30,34H,8-9,22-23H2,1-7H3. The molecule has 9 nitrogen and oxygen atoms in total. The van der Waals surface area contributed by atoms with Gasteiger partial charge in [-0.1, -0.05) is 87.2 Å². The Morgan fingerprint density at radius 1 is 0.930 bits per heavy atom. The maximum absolute atomic E-state index is 13.9. The van der Waals surface area contributed by atoms with Gasteiger partial charge in [0.2, 0.25) is 0 Å². The van der Waals surface area contributed by atoms with Crippen LogP contribution in [0.3, 0.4) is 0 Å². The van der Waals surface area contributed by atoms with Crippen LogP contribution in [0, 0.1) is 0 Å². The van der Waals surface area contributed by atoms with Crippen LogP contribution in [0.5, 0.6) is 0 Å². The second kappa shape index (κ2) is 14.1. The zero-order valence-electron chi connectivity index (χ0n) is 26.1. The van der Waals surface area contributed by atoms with Gasteiger partial charge in [0.1, 0.15) is 5.60 Å². The van der Waals surface area contributed by atoms with Gasteiger partial charge in [-0.15, -0.1) is 0 Å². The molecule has 0 bridgehead atoms. The van der Waals surface area contributed by atoms with Gasteiger partial charge in [-0.05, 0) is 68.0 Å². The zero-order chi connectivity index (χ0) is 31.8. The first-order valence-electron chi connectivity index (χ1n) is 14.4. The average Bonchev–Trinajstić information content (AvgIpc) is 2.94. The number of hydrogen-bond donors (Lipinski definition) is 1. The van der Waals surface area contributed by atoms with Crippen LogP contribution in [0.25, 0.3) is 0 Å². The molecule has 0 aliphatic carbocycles. The largest absolute Gasteiger partial charge is 0.450 e. The van der Waals surface area contributed by atoms with Gasteiger partial charge in [0.15, 0.2) is 21.0 Å². The lowest BCUT2D eigenvalue weighted by Gasteiger charge is -2.26. The number of anilines is 1. The molecule has 2 aromatic carbocycles. The number of amides is 1. The quantitative estimate of drug-likeness (QED) is 0.230. The Kier molecular flexibility index (Phi) is 11.1. The van der Waals surface area contributed by atoms with Crippen LogP contribution in [0.4, 0.5) is 10.6 Å². The Hall–Kier alpha value is -3.76. The van der Waals surface area contributed by atoms with Crippen molar-refractivity contribution >= 4 is 27.7 Å². The smallest absolute Gasteiger partial charge is 0.441 e. The van der Waals surface area contributed by atoms with Gasteiger partial charge in [-0.25, -0.2) is 23.0 Å². The molecule has 0 aliphatic rings. The number of rotatable bonds is 11. The van der Waals surface area contributed by atoms with Crippen LogP contribution in [0.15, 0.2) is 77.7 Å². The Labute approximate surface area is 255 Å². The third kappa shape index (κ3) is 9.36. The number of pyridine rings is 1. The van der Waals surface area contributed by atoms with E-state index in [-0.39, 0.29) is 28.4 Å². The van der Waals surface area contributed by atoms with Gasteiger partial charge in [-0.2, -0.15) is 0 Å². The fourth-order valence-electron chi connectivity index (χ4n) is 4.48. The van der Waals surface area contributed by atoms with E-state index in [2.05, 4.69) is 43.2 Å². The number of unbranched alkanes of at least 4 members (excludes halogenated alkanes) is 1. The summed E-state index contributed by atoms with van der Waals surface area (Å²) in [4.78, 5) is 34.5. The first kappa shape index (κ1) is 33.7. The summed E-state index contributed by atoms with van der Waals surface area (Å²) in [7, 11) is -4.00. The summed E-state index contributed by atoms with van der Waals surface area (Å²) in [5, 5.41) is 2.51. The number of carbonyl (C=O) groups is 2. The highest BCUT2D eigenvalue weighted by Gasteiger charge is 2.33. The molecule has 3 aromatic rings. The van der Waals surface area contributed by atoms with E-state index in [1.807, 2.05) is 12.1 Å². The van der Waals surface area contributed by atoms with Crippen molar-refractivity contribution in [2.45, 2.75) is 95.6 Å². The van der Waals surface area contributed by atoms with Crippen molar-refractivity contribution in [1.82, 2.24) is 10.3 Å². The second-order valence-electron chi connectivity index (χ2n) is 12.1. The lowest BCUT2D eigenvalue weighted by molar-refractivity contribution is -0.142. The number of hydroxylamine groups is 1. The molecule has 232 valence electrons. The number of nitrogens with zero attached hydrogens (tertiary/aromatic N) is 2.